The van der Waals surface area contributed by atoms with Gasteiger partial charge in [-0.2, -0.15) is 0 Å². The number of carbonyl (C=O) groups excluding carboxylic acids is 2. The minimum Gasteiger partial charge on any atom is -0.326 e. The maximum absolute atomic E-state index is 13.0. The van der Waals surface area contributed by atoms with E-state index in [0.29, 0.717) is 5.69 Å². The van der Waals surface area contributed by atoms with Crippen molar-refractivity contribution in [3.8, 4) is 0 Å². The smallest absolute Gasteiger partial charge is 0.228 e. The average Bonchev–Trinajstić information content (AvgIpc) is 3.48. The van der Waals surface area contributed by atoms with Crippen molar-refractivity contribution in [1.29, 1.82) is 0 Å². The molecule has 1 aliphatic carbocycles. The van der Waals surface area contributed by atoms with Gasteiger partial charge in [0, 0.05) is 23.7 Å². The maximum atomic E-state index is 13.0. The molecule has 140 valence electrons. The van der Waals surface area contributed by atoms with Gasteiger partial charge in [0.15, 0.2) is 0 Å². The monoisotopic (exact) mass is 370 g/mol. The summed E-state index contributed by atoms with van der Waals surface area (Å²) in [7, 11) is 0. The molecule has 0 spiro atoms. The Hall–Kier alpha value is -3.40. The van der Waals surface area contributed by atoms with Crippen molar-refractivity contribution in [3.63, 3.8) is 0 Å². The Labute approximate surface area is 164 Å². The molecule has 0 heterocycles. The largest absolute Gasteiger partial charge is 0.326 e. The second kappa shape index (κ2) is 7.31. The molecule has 4 nitrogen and oxygen atoms in total. The Bertz CT molecular complexity index is 943. The third-order valence-electron chi connectivity index (χ3n) is 5.33. The molecular weight excluding hydrogens is 348 g/mol. The van der Waals surface area contributed by atoms with Gasteiger partial charge in [-0.1, -0.05) is 60.7 Å². The van der Waals surface area contributed by atoms with Gasteiger partial charge in [0.1, 0.15) is 0 Å². The van der Waals surface area contributed by atoms with Gasteiger partial charge in [-0.15, -0.1) is 0 Å². The van der Waals surface area contributed by atoms with E-state index in [1.54, 1.807) is 24.3 Å². The molecule has 4 rings (SSSR count). The van der Waals surface area contributed by atoms with Crippen LogP contribution >= 0.6 is 0 Å². The van der Waals surface area contributed by atoms with Crippen LogP contribution in [0.3, 0.4) is 0 Å². The van der Waals surface area contributed by atoms with Gasteiger partial charge in [0.25, 0.3) is 0 Å². The van der Waals surface area contributed by atoms with Crippen LogP contribution in [0.4, 0.5) is 11.4 Å². The number of anilines is 2. The highest BCUT2D eigenvalue weighted by Gasteiger charge is 2.60. The van der Waals surface area contributed by atoms with Gasteiger partial charge in [-0.05, 0) is 41.8 Å². The molecule has 3 aromatic carbocycles. The third kappa shape index (κ3) is 3.41. The van der Waals surface area contributed by atoms with Crippen LogP contribution in [0.1, 0.15) is 24.5 Å². The van der Waals surface area contributed by atoms with Crippen molar-refractivity contribution < 1.29 is 9.59 Å². The van der Waals surface area contributed by atoms with Crippen molar-refractivity contribution >= 4 is 23.2 Å². The Morgan fingerprint density at radius 2 is 1.21 bits per heavy atom. The molecule has 0 radical (unpaired) electrons. The summed E-state index contributed by atoms with van der Waals surface area (Å²) >= 11 is 0. The van der Waals surface area contributed by atoms with Crippen molar-refractivity contribution in [3.05, 3.63) is 96.1 Å². The van der Waals surface area contributed by atoms with Crippen LogP contribution < -0.4 is 10.6 Å². The minimum atomic E-state index is -0.275. The molecule has 1 fully saturated rings. The Balaban J connectivity index is 1.55. The van der Waals surface area contributed by atoms with Crippen LogP contribution in [0.25, 0.3) is 0 Å². The molecule has 0 bridgehead atoms. The van der Waals surface area contributed by atoms with Gasteiger partial charge in [0.05, 0.1) is 5.92 Å². The first kappa shape index (κ1) is 18.0. The van der Waals surface area contributed by atoms with Gasteiger partial charge in [-0.25, -0.2) is 0 Å². The summed E-state index contributed by atoms with van der Waals surface area (Å²) in [6.45, 7) is 1.47. The van der Waals surface area contributed by atoms with Crippen LogP contribution in [0.2, 0.25) is 0 Å². The molecule has 28 heavy (non-hydrogen) atoms. The molecule has 0 aliphatic heterocycles. The quantitative estimate of drug-likeness (QED) is 0.690. The summed E-state index contributed by atoms with van der Waals surface area (Å²) in [5.41, 5.74) is 3.49. The molecule has 3 aromatic rings. The highest BCUT2D eigenvalue weighted by atomic mass is 16.2. The second-order valence-corrected chi connectivity index (χ2v) is 7.21. The molecule has 1 atom stereocenters. The van der Waals surface area contributed by atoms with E-state index in [9.17, 15) is 9.59 Å². The molecule has 0 unspecified atom stereocenters. The Morgan fingerprint density at radius 3 is 1.68 bits per heavy atom. The number of benzene rings is 3. The normalized spacial score (nSPS) is 16.8. The fourth-order valence-corrected chi connectivity index (χ4v) is 3.92. The lowest BCUT2D eigenvalue weighted by atomic mass is 9.85. The Morgan fingerprint density at radius 1 is 0.750 bits per heavy atom. The molecular formula is C24H22N2O2. The van der Waals surface area contributed by atoms with E-state index in [-0.39, 0.29) is 23.1 Å². The van der Waals surface area contributed by atoms with Gasteiger partial charge in [-0.3, -0.25) is 9.59 Å². The lowest BCUT2D eigenvalue weighted by molar-refractivity contribution is -0.117. The van der Waals surface area contributed by atoms with Gasteiger partial charge >= 0.3 is 0 Å². The van der Waals surface area contributed by atoms with Crippen molar-refractivity contribution in [2.75, 3.05) is 10.6 Å². The molecule has 4 heteroatoms. The number of hydrogen-bond donors (Lipinski definition) is 2. The summed E-state index contributed by atoms with van der Waals surface area (Å²) in [5, 5.41) is 5.75. The van der Waals surface area contributed by atoms with Crippen molar-refractivity contribution in [1.82, 2.24) is 0 Å². The fraction of sp³-hybridized carbons (Fsp3) is 0.167. The lowest BCUT2D eigenvalue weighted by Crippen LogP contribution is -2.22. The zero-order valence-corrected chi connectivity index (χ0v) is 15.7. The fourth-order valence-electron chi connectivity index (χ4n) is 3.92. The summed E-state index contributed by atoms with van der Waals surface area (Å²) in [6, 6.07) is 27.7. The summed E-state index contributed by atoms with van der Waals surface area (Å²) in [4.78, 5) is 24.2. The molecule has 1 aliphatic rings. The number of amides is 2. The topological polar surface area (TPSA) is 58.2 Å². The average molecular weight is 370 g/mol. The van der Waals surface area contributed by atoms with E-state index >= 15 is 0 Å². The van der Waals surface area contributed by atoms with Gasteiger partial charge in [0.2, 0.25) is 11.8 Å². The first-order chi connectivity index (χ1) is 13.6. The number of rotatable bonds is 5. The zero-order valence-electron chi connectivity index (χ0n) is 15.7. The highest BCUT2D eigenvalue weighted by Crippen LogP contribution is 2.59. The van der Waals surface area contributed by atoms with Crippen LogP contribution in [0, 0.1) is 5.92 Å². The SMILES string of the molecule is CC(=O)Nc1ccc(NC(=O)[C@H]2CC2(c2ccccc2)c2ccccc2)cc1. The van der Waals surface area contributed by atoms with E-state index in [1.165, 1.54) is 18.1 Å². The predicted molar refractivity (Wildman–Crippen MR) is 111 cm³/mol. The molecule has 2 amide bonds. The zero-order chi connectivity index (χ0) is 19.6. The van der Waals surface area contributed by atoms with Crippen molar-refractivity contribution in [2.45, 2.75) is 18.8 Å². The van der Waals surface area contributed by atoms with Crippen LogP contribution in [-0.4, -0.2) is 11.8 Å². The van der Waals surface area contributed by atoms with E-state index in [2.05, 4.69) is 34.9 Å². The second-order valence-electron chi connectivity index (χ2n) is 7.21. The third-order valence-corrected chi connectivity index (χ3v) is 5.33. The summed E-state index contributed by atoms with van der Waals surface area (Å²) in [5.74, 6) is -0.224. The van der Waals surface area contributed by atoms with Crippen LogP contribution in [-0.2, 0) is 15.0 Å². The molecule has 2 N–H and O–H groups in total. The van der Waals surface area contributed by atoms with Gasteiger partial charge < -0.3 is 10.6 Å². The predicted octanol–water partition coefficient (Wildman–Crippen LogP) is 4.59. The Kier molecular flexibility index (Phi) is 4.70. The van der Waals surface area contributed by atoms with Crippen LogP contribution in [0.5, 0.6) is 0 Å². The summed E-state index contributed by atoms with van der Waals surface area (Å²) in [6.07, 6.45) is 0.789. The van der Waals surface area contributed by atoms with E-state index in [4.69, 9.17) is 0 Å². The number of nitrogens with one attached hydrogen (secondary N) is 2. The lowest BCUT2D eigenvalue weighted by Gasteiger charge is -2.19. The molecule has 1 saturated carbocycles. The number of carbonyl (C=O) groups is 2. The van der Waals surface area contributed by atoms with Crippen molar-refractivity contribution in [2.24, 2.45) is 5.92 Å². The standard InChI is InChI=1S/C24H22N2O2/c1-17(27)25-20-12-14-21(15-13-20)26-23(28)22-16-24(22,18-8-4-2-5-9-18)19-10-6-3-7-11-19/h2-15,22H,16H2,1H3,(H,25,27)(H,26,28)/t22-/m1/s1. The number of hydrogen-bond acceptors (Lipinski definition) is 2. The highest BCUT2D eigenvalue weighted by molar-refractivity contribution is 5.97. The van der Waals surface area contributed by atoms with Crippen LogP contribution in [0.15, 0.2) is 84.9 Å². The first-order valence-electron chi connectivity index (χ1n) is 9.39. The van der Waals surface area contributed by atoms with E-state index < -0.39 is 0 Å². The van der Waals surface area contributed by atoms with E-state index in [1.807, 2.05) is 36.4 Å². The maximum Gasteiger partial charge on any atom is 0.228 e. The first-order valence-corrected chi connectivity index (χ1v) is 9.39. The summed E-state index contributed by atoms with van der Waals surface area (Å²) < 4.78 is 0. The van der Waals surface area contributed by atoms with E-state index in [0.717, 1.165) is 12.1 Å². The minimum absolute atomic E-state index is 0.0139. The molecule has 0 aromatic heterocycles. The molecule has 0 saturated heterocycles.